The number of nitrogens with zero attached hydrogens (tertiary/aromatic N) is 1. The Labute approximate surface area is 158 Å². The van der Waals surface area contributed by atoms with E-state index in [1.54, 1.807) is 41.1 Å². The van der Waals surface area contributed by atoms with Crippen molar-refractivity contribution in [2.24, 2.45) is 0 Å². The summed E-state index contributed by atoms with van der Waals surface area (Å²) in [6.45, 7) is -0.261. The summed E-state index contributed by atoms with van der Waals surface area (Å²) in [6, 6.07) is 13.2. The summed E-state index contributed by atoms with van der Waals surface area (Å²) in [6.07, 6.45) is 1.42. The molecule has 2 heterocycles. The molecular formula is C19H15N3O4S. The minimum Gasteiger partial charge on any atom is -0.466 e. The van der Waals surface area contributed by atoms with Crippen LogP contribution in [0.25, 0.3) is 0 Å². The molecule has 0 saturated carbocycles. The topological polar surface area (TPSA) is 115 Å². The van der Waals surface area contributed by atoms with Crippen molar-refractivity contribution in [2.45, 2.75) is 5.60 Å². The van der Waals surface area contributed by atoms with Gasteiger partial charge in [-0.25, -0.2) is 0 Å². The van der Waals surface area contributed by atoms with E-state index in [1.165, 1.54) is 29.7 Å². The molecule has 0 radical (unpaired) electrons. The molecule has 27 heavy (non-hydrogen) atoms. The maximum atomic E-state index is 12.2. The molecule has 0 spiro atoms. The number of nitriles is 1. The first-order chi connectivity index (χ1) is 13.0. The Kier molecular flexibility index (Phi) is 5.35. The molecular weight excluding hydrogens is 366 g/mol. The summed E-state index contributed by atoms with van der Waals surface area (Å²) < 4.78 is 5.31. The zero-order chi connectivity index (χ0) is 19.3. The summed E-state index contributed by atoms with van der Waals surface area (Å²) in [5.74, 6) is -1.63. The standard InChI is InChI=1S/C19H15N3O4S/c20-10-13-4-1-2-5-15(13)22-18(24)17(23)21-12-19(25,14-7-9-27-11-14)16-6-3-8-26-16/h1-9,11,25H,12H2,(H,21,23)(H,22,24)/t19-/m0/s1. The predicted octanol–water partition coefficient (Wildman–Crippen LogP) is 2.20. The van der Waals surface area contributed by atoms with Crippen molar-refractivity contribution in [1.29, 1.82) is 5.26 Å². The van der Waals surface area contributed by atoms with E-state index in [9.17, 15) is 14.7 Å². The van der Waals surface area contributed by atoms with Crippen LogP contribution in [0.5, 0.6) is 0 Å². The van der Waals surface area contributed by atoms with E-state index in [4.69, 9.17) is 9.68 Å². The largest absolute Gasteiger partial charge is 0.466 e. The van der Waals surface area contributed by atoms with Crippen molar-refractivity contribution in [3.05, 3.63) is 76.4 Å². The second-order valence-corrected chi connectivity index (χ2v) is 6.42. The van der Waals surface area contributed by atoms with Gasteiger partial charge < -0.3 is 20.2 Å². The van der Waals surface area contributed by atoms with Crippen LogP contribution in [-0.2, 0) is 15.2 Å². The molecule has 0 unspecified atom stereocenters. The highest BCUT2D eigenvalue weighted by Gasteiger charge is 2.36. The average Bonchev–Trinajstić information content (AvgIpc) is 3.40. The Balaban J connectivity index is 1.71. The van der Waals surface area contributed by atoms with Gasteiger partial charge in [0.05, 0.1) is 24.1 Å². The normalized spacial score (nSPS) is 12.6. The third-order valence-electron chi connectivity index (χ3n) is 3.93. The molecule has 3 aromatic rings. The van der Waals surface area contributed by atoms with Gasteiger partial charge in [0.2, 0.25) is 0 Å². The molecule has 3 N–H and O–H groups in total. The lowest BCUT2D eigenvalue weighted by atomic mass is 9.93. The predicted molar refractivity (Wildman–Crippen MR) is 98.8 cm³/mol. The second kappa shape index (κ2) is 7.86. The van der Waals surface area contributed by atoms with Crippen molar-refractivity contribution in [3.63, 3.8) is 0 Å². The van der Waals surface area contributed by atoms with Crippen molar-refractivity contribution < 1.29 is 19.1 Å². The number of hydrogen-bond acceptors (Lipinski definition) is 6. The highest BCUT2D eigenvalue weighted by molar-refractivity contribution is 7.08. The zero-order valence-electron chi connectivity index (χ0n) is 14.0. The minimum absolute atomic E-state index is 0.235. The Morgan fingerprint density at radius 2 is 2.00 bits per heavy atom. The maximum Gasteiger partial charge on any atom is 0.313 e. The summed E-state index contributed by atoms with van der Waals surface area (Å²) in [5, 5.41) is 28.4. The number of amides is 2. The number of thiophene rings is 1. The molecule has 0 aliphatic rings. The van der Waals surface area contributed by atoms with Crippen LogP contribution < -0.4 is 10.6 Å². The maximum absolute atomic E-state index is 12.2. The second-order valence-electron chi connectivity index (χ2n) is 5.64. The van der Waals surface area contributed by atoms with E-state index in [1.807, 2.05) is 6.07 Å². The number of anilines is 1. The molecule has 3 rings (SSSR count). The van der Waals surface area contributed by atoms with E-state index in [2.05, 4.69) is 10.6 Å². The van der Waals surface area contributed by atoms with Gasteiger partial charge in [0.25, 0.3) is 0 Å². The van der Waals surface area contributed by atoms with Crippen LogP contribution in [0.3, 0.4) is 0 Å². The van der Waals surface area contributed by atoms with Gasteiger partial charge >= 0.3 is 11.8 Å². The molecule has 0 saturated heterocycles. The molecule has 0 aliphatic heterocycles. The minimum atomic E-state index is -1.61. The first-order valence-corrected chi connectivity index (χ1v) is 8.86. The molecule has 7 nitrogen and oxygen atoms in total. The zero-order valence-corrected chi connectivity index (χ0v) is 14.8. The number of hydrogen-bond donors (Lipinski definition) is 3. The molecule has 136 valence electrons. The van der Waals surface area contributed by atoms with E-state index in [0.29, 0.717) is 5.56 Å². The number of nitrogens with one attached hydrogen (secondary N) is 2. The number of rotatable bonds is 5. The molecule has 0 bridgehead atoms. The van der Waals surface area contributed by atoms with Crippen LogP contribution in [-0.4, -0.2) is 23.5 Å². The smallest absolute Gasteiger partial charge is 0.313 e. The quantitative estimate of drug-likeness (QED) is 0.586. The Morgan fingerprint density at radius 3 is 2.67 bits per heavy atom. The number of aliphatic hydroxyl groups is 1. The van der Waals surface area contributed by atoms with Crippen LogP contribution in [0, 0.1) is 11.3 Å². The van der Waals surface area contributed by atoms with Crippen molar-refractivity contribution in [2.75, 3.05) is 11.9 Å². The van der Waals surface area contributed by atoms with Crippen LogP contribution in [0.1, 0.15) is 16.9 Å². The number of carbonyl (C=O) groups excluding carboxylic acids is 2. The first kappa shape index (κ1) is 18.4. The van der Waals surface area contributed by atoms with E-state index in [-0.39, 0.29) is 23.6 Å². The van der Waals surface area contributed by atoms with Gasteiger partial charge in [-0.1, -0.05) is 12.1 Å². The monoisotopic (exact) mass is 381 g/mol. The molecule has 1 aromatic carbocycles. The van der Waals surface area contributed by atoms with Gasteiger partial charge in [-0.3, -0.25) is 9.59 Å². The summed E-state index contributed by atoms with van der Waals surface area (Å²) in [7, 11) is 0. The van der Waals surface area contributed by atoms with Gasteiger partial charge in [0, 0.05) is 5.56 Å². The van der Waals surface area contributed by atoms with E-state index in [0.717, 1.165) is 0 Å². The number of furan rings is 1. The van der Waals surface area contributed by atoms with Gasteiger partial charge in [-0.15, -0.1) is 0 Å². The Hall–Kier alpha value is -3.41. The van der Waals surface area contributed by atoms with E-state index < -0.39 is 17.4 Å². The van der Waals surface area contributed by atoms with Gasteiger partial charge in [0.1, 0.15) is 11.8 Å². The fourth-order valence-corrected chi connectivity index (χ4v) is 3.23. The molecule has 0 fully saturated rings. The number of carbonyl (C=O) groups is 2. The third-order valence-corrected chi connectivity index (χ3v) is 4.62. The fourth-order valence-electron chi connectivity index (χ4n) is 2.50. The SMILES string of the molecule is N#Cc1ccccc1NC(=O)C(=O)NC[C@](O)(c1ccsc1)c1ccco1. The van der Waals surface area contributed by atoms with Crippen LogP contribution >= 0.6 is 11.3 Å². The van der Waals surface area contributed by atoms with Gasteiger partial charge in [0.15, 0.2) is 5.60 Å². The summed E-state index contributed by atoms with van der Waals surface area (Å²) in [4.78, 5) is 24.3. The third kappa shape index (κ3) is 3.89. The summed E-state index contributed by atoms with van der Waals surface area (Å²) in [5.41, 5.74) is -0.592. The highest BCUT2D eigenvalue weighted by atomic mass is 32.1. The van der Waals surface area contributed by atoms with Crippen molar-refractivity contribution >= 4 is 28.8 Å². The molecule has 2 aromatic heterocycles. The van der Waals surface area contributed by atoms with Crippen LogP contribution in [0.2, 0.25) is 0 Å². The Bertz CT molecular complexity index is 941. The number of benzene rings is 1. The van der Waals surface area contributed by atoms with Crippen molar-refractivity contribution in [1.82, 2.24) is 5.32 Å². The van der Waals surface area contributed by atoms with Gasteiger partial charge in [-0.05, 0) is 41.1 Å². The lowest BCUT2D eigenvalue weighted by Crippen LogP contribution is -2.45. The highest BCUT2D eigenvalue weighted by Crippen LogP contribution is 2.31. The van der Waals surface area contributed by atoms with Gasteiger partial charge in [-0.2, -0.15) is 16.6 Å². The lowest BCUT2D eigenvalue weighted by Gasteiger charge is -2.25. The average molecular weight is 381 g/mol. The lowest BCUT2D eigenvalue weighted by molar-refractivity contribution is -0.136. The molecule has 1 atom stereocenters. The summed E-state index contributed by atoms with van der Waals surface area (Å²) >= 11 is 1.39. The molecule has 2 amide bonds. The van der Waals surface area contributed by atoms with E-state index >= 15 is 0 Å². The first-order valence-electron chi connectivity index (χ1n) is 7.92. The molecule has 8 heteroatoms. The fraction of sp³-hybridized carbons (Fsp3) is 0.105. The van der Waals surface area contributed by atoms with Crippen molar-refractivity contribution in [3.8, 4) is 6.07 Å². The Morgan fingerprint density at radius 1 is 1.19 bits per heavy atom. The number of para-hydroxylation sites is 1. The van der Waals surface area contributed by atoms with Crippen LogP contribution in [0.15, 0.2) is 63.9 Å². The van der Waals surface area contributed by atoms with Crippen LogP contribution in [0.4, 0.5) is 5.69 Å². The molecule has 0 aliphatic carbocycles.